The number of amides is 1. The van der Waals surface area contributed by atoms with Gasteiger partial charge in [-0.05, 0) is 39.0 Å². The molecule has 1 aliphatic rings. The first-order valence-electron chi connectivity index (χ1n) is 9.15. The van der Waals surface area contributed by atoms with E-state index in [2.05, 4.69) is 0 Å². The van der Waals surface area contributed by atoms with Gasteiger partial charge in [0, 0.05) is 36.2 Å². The fourth-order valence-electron chi connectivity index (χ4n) is 3.60. The summed E-state index contributed by atoms with van der Waals surface area (Å²) in [6.07, 6.45) is 1.53. The fraction of sp³-hybridized carbons (Fsp3) is 0.450. The topological polar surface area (TPSA) is 81.8 Å². The van der Waals surface area contributed by atoms with Gasteiger partial charge in [0.15, 0.2) is 6.61 Å². The number of aromatic nitrogens is 1. The van der Waals surface area contributed by atoms with Crippen LogP contribution in [-0.2, 0) is 20.9 Å². The van der Waals surface area contributed by atoms with Crippen LogP contribution in [0, 0.1) is 13.8 Å². The lowest BCUT2D eigenvalue weighted by molar-refractivity contribution is -0.152. The number of Topliss-reactive ketones (excluding diaryl/α,β-unsaturated/α-hetero) is 1. The minimum Gasteiger partial charge on any atom is -0.466 e. The Morgan fingerprint density at radius 3 is 2.64 bits per heavy atom. The average Bonchev–Trinajstić information content (AvgIpc) is 3.37. The van der Waals surface area contributed by atoms with E-state index in [0.29, 0.717) is 17.1 Å². The molecule has 0 unspecified atom stereocenters. The zero-order chi connectivity index (χ0) is 20.4. The number of aryl methyl sites for hydroxylation is 1. The maximum Gasteiger partial charge on any atom is 0.330 e. The lowest BCUT2D eigenvalue weighted by atomic mass is 10.1. The fourth-order valence-corrected chi connectivity index (χ4v) is 5.02. The van der Waals surface area contributed by atoms with Crippen molar-refractivity contribution in [2.24, 2.45) is 0 Å². The molecule has 3 heterocycles. The van der Waals surface area contributed by atoms with Gasteiger partial charge in [-0.25, -0.2) is 4.79 Å². The van der Waals surface area contributed by atoms with Crippen LogP contribution in [0.4, 0.5) is 0 Å². The van der Waals surface area contributed by atoms with Crippen molar-refractivity contribution in [3.63, 3.8) is 0 Å². The summed E-state index contributed by atoms with van der Waals surface area (Å²) in [5.41, 5.74) is 2.41. The van der Waals surface area contributed by atoms with Gasteiger partial charge in [0.25, 0.3) is 0 Å². The van der Waals surface area contributed by atoms with Crippen LogP contribution in [0.5, 0.6) is 0 Å². The molecule has 28 heavy (non-hydrogen) atoms. The van der Waals surface area contributed by atoms with E-state index < -0.39 is 12.0 Å². The van der Waals surface area contributed by atoms with Crippen molar-refractivity contribution < 1.29 is 23.5 Å². The molecule has 2 aromatic heterocycles. The molecule has 8 heteroatoms. The Morgan fingerprint density at radius 1 is 1.32 bits per heavy atom. The third-order valence-electron chi connectivity index (χ3n) is 4.96. The summed E-state index contributed by atoms with van der Waals surface area (Å²) >= 11 is 1.44. The van der Waals surface area contributed by atoms with Crippen molar-refractivity contribution in [3.05, 3.63) is 47.2 Å². The summed E-state index contributed by atoms with van der Waals surface area (Å²) in [6.45, 7) is 7.67. The number of nitrogens with zero attached hydrogens (tertiary/aromatic N) is 2. The molecule has 1 saturated heterocycles. The maximum absolute atomic E-state index is 12.6. The molecule has 0 spiro atoms. The van der Waals surface area contributed by atoms with Crippen molar-refractivity contribution in [1.82, 2.24) is 9.47 Å². The van der Waals surface area contributed by atoms with E-state index in [1.54, 1.807) is 12.1 Å². The monoisotopic (exact) mass is 404 g/mol. The molecule has 1 aliphatic heterocycles. The number of ketones is 1. The second-order valence-electron chi connectivity index (χ2n) is 6.70. The number of rotatable bonds is 6. The Kier molecular flexibility index (Phi) is 5.98. The Hall–Kier alpha value is -2.48. The second-order valence-corrected chi connectivity index (χ2v) is 7.82. The first kappa shape index (κ1) is 20.3. The van der Waals surface area contributed by atoms with E-state index in [-0.39, 0.29) is 23.7 Å². The lowest BCUT2D eigenvalue weighted by Crippen LogP contribution is -2.43. The molecule has 0 bridgehead atoms. The predicted molar refractivity (Wildman–Crippen MR) is 105 cm³/mol. The van der Waals surface area contributed by atoms with E-state index >= 15 is 0 Å². The van der Waals surface area contributed by atoms with Crippen molar-refractivity contribution in [2.45, 2.75) is 45.7 Å². The molecule has 2 atom stereocenters. The number of carbonyl (C=O) groups excluding carboxylic acids is 3. The summed E-state index contributed by atoms with van der Waals surface area (Å²) in [4.78, 5) is 38.7. The first-order chi connectivity index (χ1) is 13.3. The molecule has 0 saturated carbocycles. The third kappa shape index (κ3) is 3.73. The van der Waals surface area contributed by atoms with Crippen LogP contribution in [-0.4, -0.2) is 45.5 Å². The smallest absolute Gasteiger partial charge is 0.330 e. The highest BCUT2D eigenvalue weighted by molar-refractivity contribution is 7.99. The van der Waals surface area contributed by atoms with Gasteiger partial charge < -0.3 is 18.6 Å². The quantitative estimate of drug-likeness (QED) is 0.544. The van der Waals surface area contributed by atoms with Gasteiger partial charge in [0.2, 0.25) is 11.7 Å². The predicted octanol–water partition coefficient (Wildman–Crippen LogP) is 3.11. The summed E-state index contributed by atoms with van der Waals surface area (Å²) in [5, 5.41) is -0.371. The summed E-state index contributed by atoms with van der Waals surface area (Å²) in [6, 6.07) is 4.59. The summed E-state index contributed by atoms with van der Waals surface area (Å²) in [5.74, 6) is -0.0644. The van der Waals surface area contributed by atoms with E-state index in [1.807, 2.05) is 31.4 Å². The molecular weight excluding hydrogens is 380 g/mol. The van der Waals surface area contributed by atoms with Crippen molar-refractivity contribution in [3.8, 4) is 0 Å². The molecule has 0 N–H and O–H groups in total. The van der Waals surface area contributed by atoms with E-state index in [0.717, 1.165) is 17.9 Å². The van der Waals surface area contributed by atoms with Crippen LogP contribution in [0.15, 0.2) is 28.9 Å². The highest BCUT2D eigenvalue weighted by Crippen LogP contribution is 2.41. The van der Waals surface area contributed by atoms with Gasteiger partial charge in [-0.1, -0.05) is 0 Å². The van der Waals surface area contributed by atoms with Crippen molar-refractivity contribution >= 4 is 29.4 Å². The number of carbonyl (C=O) groups is 3. The second kappa shape index (κ2) is 8.26. The minimum atomic E-state index is -0.742. The lowest BCUT2D eigenvalue weighted by Gasteiger charge is -2.25. The van der Waals surface area contributed by atoms with Crippen molar-refractivity contribution in [2.75, 3.05) is 12.4 Å². The number of ether oxygens (including phenoxy) is 1. The Bertz CT molecular complexity index is 887. The molecule has 0 aliphatic carbocycles. The Labute approximate surface area is 168 Å². The molecule has 0 radical (unpaired) electrons. The Morgan fingerprint density at radius 2 is 2.07 bits per heavy atom. The third-order valence-corrected chi connectivity index (χ3v) is 6.24. The number of esters is 1. The average molecular weight is 404 g/mol. The zero-order valence-electron chi connectivity index (χ0n) is 16.4. The standard InChI is InChI=1S/C20H24N2O5S/c1-5-21-12(2)9-15(13(21)3)17(24)10-27-20(25)16-11-28-19(22(16)14(4)23)18-7-6-8-26-18/h6-9,16,19H,5,10-11H2,1-4H3/t16-,19-/m1/s1. The number of hydrogen-bond donors (Lipinski definition) is 0. The largest absolute Gasteiger partial charge is 0.466 e. The molecule has 3 rings (SSSR count). The highest BCUT2D eigenvalue weighted by Gasteiger charge is 2.43. The normalized spacial score (nSPS) is 19.1. The first-order valence-corrected chi connectivity index (χ1v) is 10.2. The summed E-state index contributed by atoms with van der Waals surface area (Å²) in [7, 11) is 0. The van der Waals surface area contributed by atoms with Crippen molar-refractivity contribution in [1.29, 1.82) is 0 Å². The van der Waals surface area contributed by atoms with E-state index in [4.69, 9.17) is 9.15 Å². The molecule has 7 nitrogen and oxygen atoms in total. The minimum absolute atomic E-state index is 0.244. The van der Waals surface area contributed by atoms with Crippen LogP contribution >= 0.6 is 11.8 Å². The summed E-state index contributed by atoms with van der Waals surface area (Å²) < 4.78 is 12.7. The van der Waals surface area contributed by atoms with Gasteiger partial charge in [-0.2, -0.15) is 0 Å². The maximum atomic E-state index is 12.6. The van der Waals surface area contributed by atoms with Gasteiger partial charge in [0.1, 0.15) is 17.2 Å². The van der Waals surface area contributed by atoms with Crippen LogP contribution in [0.3, 0.4) is 0 Å². The molecule has 1 fully saturated rings. The van der Waals surface area contributed by atoms with Gasteiger partial charge in [0.05, 0.1) is 6.26 Å². The van der Waals surface area contributed by atoms with Gasteiger partial charge in [-0.3, -0.25) is 9.59 Å². The molecular formula is C20H24N2O5S. The molecule has 2 aromatic rings. The van der Waals surface area contributed by atoms with E-state index in [9.17, 15) is 14.4 Å². The number of hydrogen-bond acceptors (Lipinski definition) is 6. The SMILES string of the molecule is CCn1c(C)cc(C(=O)COC(=O)[C@H]2CS[C@H](c3ccco3)N2C(C)=O)c1C. The van der Waals surface area contributed by atoms with Crippen LogP contribution in [0.2, 0.25) is 0 Å². The van der Waals surface area contributed by atoms with Crippen LogP contribution < -0.4 is 0 Å². The molecule has 0 aromatic carbocycles. The number of furan rings is 1. The van der Waals surface area contributed by atoms with Gasteiger partial charge >= 0.3 is 5.97 Å². The zero-order valence-corrected chi connectivity index (χ0v) is 17.2. The highest BCUT2D eigenvalue weighted by atomic mass is 32.2. The molecule has 150 valence electrons. The number of thioether (sulfide) groups is 1. The van der Waals surface area contributed by atoms with Crippen LogP contribution in [0.25, 0.3) is 0 Å². The molecule has 1 amide bonds. The van der Waals surface area contributed by atoms with Gasteiger partial charge in [-0.15, -0.1) is 11.8 Å². The Balaban J connectivity index is 1.67. The van der Waals surface area contributed by atoms with Crippen LogP contribution in [0.1, 0.15) is 46.7 Å². The van der Waals surface area contributed by atoms with E-state index in [1.165, 1.54) is 29.8 Å².